The van der Waals surface area contributed by atoms with Gasteiger partial charge < -0.3 is 4.74 Å². The van der Waals surface area contributed by atoms with Gasteiger partial charge in [0.1, 0.15) is 0 Å². The Morgan fingerprint density at radius 3 is 2.65 bits per heavy atom. The van der Waals surface area contributed by atoms with Crippen molar-refractivity contribution in [3.05, 3.63) is 33.3 Å². The smallest absolute Gasteiger partial charge is 0.0490 e. The zero-order valence-corrected chi connectivity index (χ0v) is 11.8. The van der Waals surface area contributed by atoms with Gasteiger partial charge in [0.05, 0.1) is 0 Å². The quantitative estimate of drug-likeness (QED) is 0.665. The summed E-state index contributed by atoms with van der Waals surface area (Å²) in [7, 11) is 0. The molecule has 0 aromatic heterocycles. The van der Waals surface area contributed by atoms with Crippen LogP contribution in [0.5, 0.6) is 0 Å². The van der Waals surface area contributed by atoms with Gasteiger partial charge in [-0.25, -0.2) is 0 Å². The second kappa shape index (κ2) is 6.16. The fourth-order valence-corrected chi connectivity index (χ4v) is 3.19. The van der Waals surface area contributed by atoms with Crippen molar-refractivity contribution < 1.29 is 4.74 Å². The lowest BCUT2D eigenvalue weighted by Gasteiger charge is -2.30. The van der Waals surface area contributed by atoms with Crippen LogP contribution in [-0.4, -0.2) is 13.2 Å². The molecule has 0 spiro atoms. The van der Waals surface area contributed by atoms with Crippen LogP contribution >= 0.6 is 27.5 Å². The zero-order chi connectivity index (χ0) is 12.3. The number of benzene rings is 1. The van der Waals surface area contributed by atoms with E-state index in [2.05, 4.69) is 27.4 Å². The van der Waals surface area contributed by atoms with E-state index < -0.39 is 0 Å². The molecule has 1 aromatic carbocycles. The summed E-state index contributed by atoms with van der Waals surface area (Å²) in [6.07, 6.45) is 2.05. The van der Waals surface area contributed by atoms with Crippen LogP contribution in [0.15, 0.2) is 22.7 Å². The maximum Gasteiger partial charge on any atom is 0.0490 e. The maximum absolute atomic E-state index is 6.07. The van der Waals surface area contributed by atoms with Crippen LogP contribution in [0.2, 0.25) is 5.02 Å². The van der Waals surface area contributed by atoms with Crippen molar-refractivity contribution in [1.29, 1.82) is 0 Å². The highest BCUT2D eigenvalue weighted by Gasteiger charge is 2.24. The number of rotatable bonds is 3. The minimum atomic E-state index is 0.133. The van der Waals surface area contributed by atoms with Crippen molar-refractivity contribution in [3.63, 3.8) is 0 Å². The Bertz CT molecular complexity index is 363. The molecule has 2 rings (SSSR count). The summed E-state index contributed by atoms with van der Waals surface area (Å²) in [5.41, 5.74) is 4.03. The van der Waals surface area contributed by atoms with E-state index in [9.17, 15) is 0 Å². The second-order valence-corrected chi connectivity index (χ2v) is 5.65. The summed E-state index contributed by atoms with van der Waals surface area (Å²) in [6.45, 7) is 1.62. The fourth-order valence-electron chi connectivity index (χ4n) is 2.31. The molecule has 1 aliphatic heterocycles. The predicted molar refractivity (Wildman–Crippen MR) is 72.8 cm³/mol. The Kier molecular flexibility index (Phi) is 4.82. The number of ether oxygens (including phenoxy) is 1. The van der Waals surface area contributed by atoms with E-state index in [0.717, 1.165) is 41.1 Å². The summed E-state index contributed by atoms with van der Waals surface area (Å²) >= 11 is 9.52. The van der Waals surface area contributed by atoms with Gasteiger partial charge >= 0.3 is 0 Å². The molecule has 0 saturated carbocycles. The standard InChI is InChI=1S/C12H16BrClN2O/c13-10-5-9(6-11(14)7-10)12(16-15)8-1-3-17-4-2-8/h5-8,12,16H,1-4,15H2. The first kappa shape index (κ1) is 13.3. The van der Waals surface area contributed by atoms with Gasteiger partial charge in [-0.15, -0.1) is 0 Å². The third-order valence-electron chi connectivity index (χ3n) is 3.16. The average molecular weight is 320 g/mol. The molecule has 0 aliphatic carbocycles. The van der Waals surface area contributed by atoms with Crippen molar-refractivity contribution in [1.82, 2.24) is 5.43 Å². The minimum absolute atomic E-state index is 0.133. The van der Waals surface area contributed by atoms with Crippen LogP contribution in [0.1, 0.15) is 24.4 Å². The first-order valence-corrected chi connectivity index (χ1v) is 6.87. The third-order valence-corrected chi connectivity index (χ3v) is 3.84. The van der Waals surface area contributed by atoms with Crippen molar-refractivity contribution >= 4 is 27.5 Å². The van der Waals surface area contributed by atoms with E-state index in [-0.39, 0.29) is 6.04 Å². The summed E-state index contributed by atoms with van der Waals surface area (Å²) in [6, 6.07) is 6.04. The topological polar surface area (TPSA) is 47.3 Å². The minimum Gasteiger partial charge on any atom is -0.381 e. The van der Waals surface area contributed by atoms with Gasteiger partial charge in [-0.2, -0.15) is 0 Å². The highest BCUT2D eigenvalue weighted by atomic mass is 79.9. The molecule has 3 nitrogen and oxygen atoms in total. The van der Waals surface area contributed by atoms with E-state index in [1.165, 1.54) is 0 Å². The fraction of sp³-hybridized carbons (Fsp3) is 0.500. The van der Waals surface area contributed by atoms with Crippen LogP contribution in [-0.2, 0) is 4.74 Å². The van der Waals surface area contributed by atoms with Crippen LogP contribution in [0.25, 0.3) is 0 Å². The van der Waals surface area contributed by atoms with E-state index >= 15 is 0 Å². The average Bonchev–Trinajstić information content (AvgIpc) is 2.30. The lowest BCUT2D eigenvalue weighted by Crippen LogP contribution is -2.36. The third kappa shape index (κ3) is 3.42. The number of hydrogen-bond donors (Lipinski definition) is 2. The molecule has 1 fully saturated rings. The van der Waals surface area contributed by atoms with Crippen molar-refractivity contribution in [2.75, 3.05) is 13.2 Å². The number of nitrogens with two attached hydrogens (primary N) is 1. The molecule has 1 unspecified atom stereocenters. The molecule has 0 bridgehead atoms. The number of hydrazine groups is 1. The number of hydrogen-bond acceptors (Lipinski definition) is 3. The second-order valence-electron chi connectivity index (χ2n) is 4.30. The van der Waals surface area contributed by atoms with Crippen molar-refractivity contribution in [2.24, 2.45) is 11.8 Å². The molecule has 1 saturated heterocycles. The van der Waals surface area contributed by atoms with Gasteiger partial charge in [-0.3, -0.25) is 11.3 Å². The molecular weight excluding hydrogens is 304 g/mol. The van der Waals surface area contributed by atoms with E-state index in [0.29, 0.717) is 5.92 Å². The van der Waals surface area contributed by atoms with Crippen LogP contribution in [0.3, 0.4) is 0 Å². The van der Waals surface area contributed by atoms with Crippen LogP contribution < -0.4 is 11.3 Å². The van der Waals surface area contributed by atoms with Gasteiger partial charge in [0, 0.05) is 28.8 Å². The molecule has 0 radical (unpaired) electrons. The number of halogens is 2. The van der Waals surface area contributed by atoms with Gasteiger partial charge in [0.2, 0.25) is 0 Å². The SMILES string of the molecule is NNC(c1cc(Cl)cc(Br)c1)C1CCOCC1. The molecule has 0 amide bonds. The predicted octanol–water partition coefficient (Wildman–Crippen LogP) is 3.03. The summed E-state index contributed by atoms with van der Waals surface area (Å²) < 4.78 is 6.35. The largest absolute Gasteiger partial charge is 0.381 e. The van der Waals surface area contributed by atoms with E-state index in [4.69, 9.17) is 22.2 Å². The maximum atomic E-state index is 6.07. The Morgan fingerprint density at radius 2 is 2.06 bits per heavy atom. The van der Waals surface area contributed by atoms with Crippen molar-refractivity contribution in [2.45, 2.75) is 18.9 Å². The first-order chi connectivity index (χ1) is 8.20. The zero-order valence-electron chi connectivity index (χ0n) is 9.46. The molecule has 1 atom stereocenters. The summed E-state index contributed by atoms with van der Waals surface area (Å²) in [5, 5.41) is 0.724. The van der Waals surface area contributed by atoms with E-state index in [1.807, 2.05) is 12.1 Å². The van der Waals surface area contributed by atoms with E-state index in [1.54, 1.807) is 0 Å². The molecule has 1 aromatic rings. The first-order valence-electron chi connectivity index (χ1n) is 5.70. The molecule has 94 valence electrons. The normalized spacial score (nSPS) is 19.2. The Hall–Kier alpha value is -0.130. The molecular formula is C12H16BrClN2O. The molecule has 5 heteroatoms. The highest BCUT2D eigenvalue weighted by molar-refractivity contribution is 9.10. The lowest BCUT2D eigenvalue weighted by molar-refractivity contribution is 0.0536. The van der Waals surface area contributed by atoms with Crippen LogP contribution in [0.4, 0.5) is 0 Å². The lowest BCUT2D eigenvalue weighted by atomic mass is 9.87. The molecule has 17 heavy (non-hydrogen) atoms. The Morgan fingerprint density at radius 1 is 1.35 bits per heavy atom. The molecule has 3 N–H and O–H groups in total. The van der Waals surface area contributed by atoms with Gasteiger partial charge in [0.15, 0.2) is 0 Å². The highest BCUT2D eigenvalue weighted by Crippen LogP contribution is 2.32. The van der Waals surface area contributed by atoms with Crippen LogP contribution in [0, 0.1) is 5.92 Å². The van der Waals surface area contributed by atoms with Gasteiger partial charge in [-0.05, 0) is 42.5 Å². The summed E-state index contributed by atoms with van der Waals surface area (Å²) in [5.74, 6) is 6.19. The Labute approximate surface area is 115 Å². The van der Waals surface area contributed by atoms with Crippen molar-refractivity contribution in [3.8, 4) is 0 Å². The molecule has 1 aliphatic rings. The van der Waals surface area contributed by atoms with Gasteiger partial charge in [0.25, 0.3) is 0 Å². The molecule has 1 heterocycles. The number of nitrogens with one attached hydrogen (secondary N) is 1. The summed E-state index contributed by atoms with van der Waals surface area (Å²) in [4.78, 5) is 0. The monoisotopic (exact) mass is 318 g/mol. The Balaban J connectivity index is 2.21. The van der Waals surface area contributed by atoms with Gasteiger partial charge in [-0.1, -0.05) is 27.5 Å².